The number of sulfonamides is 1. The van der Waals surface area contributed by atoms with Crippen molar-refractivity contribution in [2.75, 3.05) is 26.2 Å². The van der Waals surface area contributed by atoms with Crippen molar-refractivity contribution < 1.29 is 13.2 Å². The van der Waals surface area contributed by atoms with Crippen molar-refractivity contribution in [3.8, 4) is 0 Å². The van der Waals surface area contributed by atoms with Crippen LogP contribution in [0.1, 0.15) is 46.1 Å². The predicted octanol–water partition coefficient (Wildman–Crippen LogP) is 1.94. The summed E-state index contributed by atoms with van der Waals surface area (Å²) in [6.07, 6.45) is 1.50. The molecular weight excluding hydrogens is 350 g/mol. The lowest BCUT2D eigenvalue weighted by Crippen LogP contribution is -2.54. The Kier molecular flexibility index (Phi) is 6.47. The van der Waals surface area contributed by atoms with E-state index < -0.39 is 16.1 Å². The molecule has 0 saturated carbocycles. The zero-order chi connectivity index (χ0) is 19.5. The Morgan fingerprint density at radius 2 is 1.65 bits per heavy atom. The van der Waals surface area contributed by atoms with Gasteiger partial charge in [-0.2, -0.15) is 4.31 Å². The van der Waals surface area contributed by atoms with Gasteiger partial charge in [0, 0.05) is 26.2 Å². The van der Waals surface area contributed by atoms with Gasteiger partial charge in [0.15, 0.2) is 0 Å². The maximum absolute atomic E-state index is 12.9. The van der Waals surface area contributed by atoms with Crippen LogP contribution in [0.5, 0.6) is 0 Å². The van der Waals surface area contributed by atoms with Crippen molar-refractivity contribution in [3.05, 3.63) is 29.8 Å². The van der Waals surface area contributed by atoms with Crippen molar-refractivity contribution in [2.24, 2.45) is 5.73 Å². The molecule has 1 aliphatic heterocycles. The van der Waals surface area contributed by atoms with Crippen molar-refractivity contribution in [2.45, 2.75) is 56.9 Å². The number of benzene rings is 1. The fourth-order valence-electron chi connectivity index (χ4n) is 3.09. The van der Waals surface area contributed by atoms with Gasteiger partial charge in [0.05, 0.1) is 10.9 Å². The first kappa shape index (κ1) is 20.9. The minimum absolute atomic E-state index is 0.0223. The summed E-state index contributed by atoms with van der Waals surface area (Å²) in [6.45, 7) is 9.64. The number of nitrogens with zero attached hydrogens (tertiary/aromatic N) is 2. The normalized spacial score (nSPS) is 18.0. The van der Waals surface area contributed by atoms with Crippen molar-refractivity contribution >= 4 is 15.9 Å². The Morgan fingerprint density at radius 3 is 2.12 bits per heavy atom. The van der Waals surface area contributed by atoms with E-state index in [0.29, 0.717) is 37.5 Å². The molecule has 1 saturated heterocycles. The fourth-order valence-corrected chi connectivity index (χ4v) is 4.52. The molecule has 1 fully saturated rings. The van der Waals surface area contributed by atoms with Crippen molar-refractivity contribution in [1.29, 1.82) is 0 Å². The fraction of sp³-hybridized carbons (Fsp3) is 0.632. The Labute approximate surface area is 157 Å². The molecule has 1 atom stereocenters. The van der Waals surface area contributed by atoms with Crippen LogP contribution in [0, 0.1) is 0 Å². The van der Waals surface area contributed by atoms with Gasteiger partial charge < -0.3 is 10.6 Å². The summed E-state index contributed by atoms with van der Waals surface area (Å²) < 4.78 is 27.2. The van der Waals surface area contributed by atoms with Crippen LogP contribution >= 0.6 is 0 Å². The molecular formula is C19H31N3O3S. The molecule has 1 aliphatic rings. The lowest BCUT2D eigenvalue weighted by Gasteiger charge is -2.35. The monoisotopic (exact) mass is 381 g/mol. The number of carbonyl (C=O) groups is 1. The topological polar surface area (TPSA) is 83.7 Å². The molecule has 1 heterocycles. The number of hydrogen-bond acceptors (Lipinski definition) is 4. The minimum Gasteiger partial charge on any atom is -0.339 e. The van der Waals surface area contributed by atoms with Gasteiger partial charge >= 0.3 is 0 Å². The largest absolute Gasteiger partial charge is 0.339 e. The summed E-state index contributed by atoms with van der Waals surface area (Å²) in [5.74, 6) is -0.0848. The van der Waals surface area contributed by atoms with E-state index in [0.717, 1.165) is 12.0 Å². The van der Waals surface area contributed by atoms with Crippen molar-refractivity contribution in [3.63, 3.8) is 0 Å². The number of hydrogen-bond donors (Lipinski definition) is 1. The number of amides is 1. The van der Waals surface area contributed by atoms with Crippen LogP contribution in [-0.2, 0) is 20.2 Å². The molecule has 0 bridgehead atoms. The zero-order valence-electron chi connectivity index (χ0n) is 16.2. The highest BCUT2D eigenvalue weighted by molar-refractivity contribution is 7.89. The molecule has 7 heteroatoms. The highest BCUT2D eigenvalue weighted by Crippen LogP contribution is 2.25. The number of piperazine rings is 1. The van der Waals surface area contributed by atoms with Crippen LogP contribution < -0.4 is 5.73 Å². The van der Waals surface area contributed by atoms with Crippen LogP contribution in [-0.4, -0.2) is 55.8 Å². The zero-order valence-corrected chi connectivity index (χ0v) is 17.1. The average Bonchev–Trinajstić information content (AvgIpc) is 2.60. The third-order valence-corrected chi connectivity index (χ3v) is 6.74. The molecule has 0 aromatic heterocycles. The maximum atomic E-state index is 12.9. The molecule has 146 valence electrons. The standard InChI is InChI=1S/C19H31N3O3S/c1-5-6-17(20)18(23)21-11-13-22(14-12-21)26(24,25)16-9-7-15(8-10-16)19(2,3)4/h7-10,17H,5-6,11-14,20H2,1-4H3. The van der Waals surface area contributed by atoms with Crippen LogP contribution in [0.25, 0.3) is 0 Å². The van der Waals surface area contributed by atoms with E-state index in [9.17, 15) is 13.2 Å². The average molecular weight is 382 g/mol. The van der Waals surface area contributed by atoms with Crippen LogP contribution in [0.4, 0.5) is 0 Å². The molecule has 1 aromatic carbocycles. The first-order valence-corrected chi connectivity index (χ1v) is 10.7. The van der Waals surface area contributed by atoms with E-state index >= 15 is 0 Å². The van der Waals surface area contributed by atoms with Gasteiger partial charge in [-0.05, 0) is 29.5 Å². The number of rotatable bonds is 5. The van der Waals surface area contributed by atoms with Crippen LogP contribution in [0.15, 0.2) is 29.2 Å². The summed E-state index contributed by atoms with van der Waals surface area (Å²) in [5, 5.41) is 0. The molecule has 1 unspecified atom stereocenters. The molecule has 26 heavy (non-hydrogen) atoms. The summed E-state index contributed by atoms with van der Waals surface area (Å²) in [4.78, 5) is 14.3. The second kappa shape index (κ2) is 8.06. The summed E-state index contributed by atoms with van der Waals surface area (Å²) in [5.41, 5.74) is 6.97. The molecule has 6 nitrogen and oxygen atoms in total. The first-order chi connectivity index (χ1) is 12.1. The van der Waals surface area contributed by atoms with E-state index in [1.807, 2.05) is 19.1 Å². The van der Waals surface area contributed by atoms with Gasteiger partial charge in [0.2, 0.25) is 15.9 Å². The smallest absolute Gasteiger partial charge is 0.243 e. The Balaban J connectivity index is 2.05. The number of nitrogens with two attached hydrogens (primary N) is 1. The minimum atomic E-state index is -3.54. The molecule has 2 N–H and O–H groups in total. The highest BCUT2D eigenvalue weighted by atomic mass is 32.2. The molecule has 0 aliphatic carbocycles. The first-order valence-electron chi connectivity index (χ1n) is 9.22. The lowest BCUT2D eigenvalue weighted by molar-refractivity contribution is -0.133. The molecule has 2 rings (SSSR count). The second-order valence-corrected chi connectivity index (χ2v) is 9.84. The third-order valence-electron chi connectivity index (χ3n) is 4.83. The van der Waals surface area contributed by atoms with Crippen molar-refractivity contribution in [1.82, 2.24) is 9.21 Å². The third kappa shape index (κ3) is 4.64. The Bertz CT molecular complexity index is 715. The van der Waals surface area contributed by atoms with Crippen LogP contribution in [0.2, 0.25) is 0 Å². The van der Waals surface area contributed by atoms with E-state index in [2.05, 4.69) is 20.8 Å². The Morgan fingerprint density at radius 1 is 1.12 bits per heavy atom. The molecule has 1 aromatic rings. The van der Waals surface area contributed by atoms with E-state index in [1.165, 1.54) is 4.31 Å². The van der Waals surface area contributed by atoms with Gasteiger partial charge in [-0.25, -0.2) is 8.42 Å². The summed E-state index contributed by atoms with van der Waals surface area (Å²) in [7, 11) is -3.54. The summed E-state index contributed by atoms with van der Waals surface area (Å²) in [6, 6.07) is 6.59. The second-order valence-electron chi connectivity index (χ2n) is 7.90. The maximum Gasteiger partial charge on any atom is 0.243 e. The van der Waals surface area contributed by atoms with Gasteiger partial charge in [0.25, 0.3) is 0 Å². The SMILES string of the molecule is CCCC(N)C(=O)N1CCN(S(=O)(=O)c2ccc(C(C)(C)C)cc2)CC1. The predicted molar refractivity (Wildman–Crippen MR) is 103 cm³/mol. The lowest BCUT2D eigenvalue weighted by atomic mass is 9.87. The molecule has 0 radical (unpaired) electrons. The van der Waals surface area contributed by atoms with Gasteiger partial charge in [0.1, 0.15) is 0 Å². The van der Waals surface area contributed by atoms with Crippen LogP contribution in [0.3, 0.4) is 0 Å². The van der Waals surface area contributed by atoms with E-state index in [4.69, 9.17) is 5.73 Å². The Hall–Kier alpha value is -1.44. The molecule has 1 amide bonds. The van der Waals surface area contributed by atoms with Gasteiger partial charge in [-0.1, -0.05) is 46.2 Å². The highest BCUT2D eigenvalue weighted by Gasteiger charge is 2.31. The molecule has 0 spiro atoms. The number of carbonyl (C=O) groups excluding carboxylic acids is 1. The quantitative estimate of drug-likeness (QED) is 0.845. The summed E-state index contributed by atoms with van der Waals surface area (Å²) >= 11 is 0. The van der Waals surface area contributed by atoms with Gasteiger partial charge in [-0.15, -0.1) is 0 Å². The van der Waals surface area contributed by atoms with E-state index in [1.54, 1.807) is 17.0 Å². The van der Waals surface area contributed by atoms with Gasteiger partial charge in [-0.3, -0.25) is 4.79 Å². The van der Waals surface area contributed by atoms with E-state index in [-0.39, 0.29) is 11.3 Å².